The molecule has 2 heterocycles. The summed E-state index contributed by atoms with van der Waals surface area (Å²) in [5, 5.41) is 0. The highest BCUT2D eigenvalue weighted by atomic mass is 15.1. The van der Waals surface area contributed by atoms with E-state index in [1.54, 1.807) is 11.1 Å². The van der Waals surface area contributed by atoms with E-state index in [-0.39, 0.29) is 0 Å². The second kappa shape index (κ2) is 5.99. The summed E-state index contributed by atoms with van der Waals surface area (Å²) in [6.45, 7) is 10.3. The lowest BCUT2D eigenvalue weighted by Gasteiger charge is -2.36. The van der Waals surface area contributed by atoms with Crippen LogP contribution in [0.1, 0.15) is 57.7 Å². The van der Waals surface area contributed by atoms with Crippen LogP contribution in [0.2, 0.25) is 0 Å². The highest BCUT2D eigenvalue weighted by Crippen LogP contribution is 2.41. The first kappa shape index (κ1) is 15.5. The molecule has 1 aromatic rings. The van der Waals surface area contributed by atoms with E-state index in [2.05, 4.69) is 35.6 Å². The van der Waals surface area contributed by atoms with Crippen LogP contribution >= 0.6 is 0 Å². The van der Waals surface area contributed by atoms with Crippen LogP contribution in [0.3, 0.4) is 0 Å². The molecular weight excluding hydrogens is 272 g/mol. The lowest BCUT2D eigenvalue weighted by Crippen LogP contribution is -2.33. The van der Waals surface area contributed by atoms with Crippen LogP contribution in [0.4, 0.5) is 5.95 Å². The van der Waals surface area contributed by atoms with Crippen LogP contribution in [0.5, 0.6) is 0 Å². The Bertz CT molecular complexity index is 589. The Morgan fingerprint density at radius 2 is 2.14 bits per heavy atom. The van der Waals surface area contributed by atoms with Crippen molar-refractivity contribution in [2.24, 2.45) is 5.41 Å². The smallest absolute Gasteiger partial charge is 0.220 e. The number of aromatic nitrogens is 2. The molecule has 0 atom stereocenters. The number of hydrogen-bond acceptors (Lipinski definition) is 4. The van der Waals surface area contributed by atoms with Gasteiger partial charge in [-0.15, -0.1) is 0 Å². The van der Waals surface area contributed by atoms with Gasteiger partial charge in [-0.05, 0) is 38.0 Å². The third-order valence-corrected chi connectivity index (χ3v) is 5.40. The molecule has 22 heavy (non-hydrogen) atoms. The van der Waals surface area contributed by atoms with Gasteiger partial charge in [-0.3, -0.25) is 4.90 Å². The molecule has 3 rings (SSSR count). The summed E-state index contributed by atoms with van der Waals surface area (Å²) in [5.41, 5.74) is 11.8. The molecule has 1 aromatic heterocycles. The van der Waals surface area contributed by atoms with Gasteiger partial charge in [0.05, 0.1) is 5.69 Å². The molecule has 2 N–H and O–H groups in total. The lowest BCUT2D eigenvalue weighted by atomic mass is 9.71. The Labute approximate surface area is 133 Å². The van der Waals surface area contributed by atoms with Gasteiger partial charge in [-0.25, -0.2) is 9.97 Å². The normalized spacial score (nSPS) is 21.8. The average Bonchev–Trinajstić information content (AvgIpc) is 2.46. The van der Waals surface area contributed by atoms with Gasteiger partial charge in [-0.1, -0.05) is 25.0 Å². The second-order valence-corrected chi connectivity index (χ2v) is 7.47. The molecule has 0 bridgehead atoms. The zero-order valence-electron chi connectivity index (χ0n) is 14.2. The molecule has 0 unspecified atom stereocenters. The number of nitrogen functional groups attached to an aromatic ring is 1. The van der Waals surface area contributed by atoms with Crippen LogP contribution in [-0.2, 0) is 13.0 Å². The van der Waals surface area contributed by atoms with Gasteiger partial charge in [0, 0.05) is 37.8 Å². The maximum Gasteiger partial charge on any atom is 0.220 e. The predicted octanol–water partition coefficient (Wildman–Crippen LogP) is 3.33. The first-order chi connectivity index (χ1) is 10.5. The van der Waals surface area contributed by atoms with E-state index in [0.717, 1.165) is 31.7 Å². The van der Waals surface area contributed by atoms with E-state index in [1.165, 1.54) is 31.2 Å². The maximum absolute atomic E-state index is 5.68. The zero-order valence-corrected chi connectivity index (χ0v) is 14.2. The van der Waals surface area contributed by atoms with Gasteiger partial charge in [0.15, 0.2) is 0 Å². The molecule has 0 aromatic carbocycles. The summed E-state index contributed by atoms with van der Waals surface area (Å²) in [6, 6.07) is 0. The van der Waals surface area contributed by atoms with Crippen molar-refractivity contribution < 1.29 is 0 Å². The van der Waals surface area contributed by atoms with E-state index in [9.17, 15) is 0 Å². The fraction of sp³-hybridized carbons (Fsp3) is 0.667. The molecule has 0 spiro atoms. The minimum Gasteiger partial charge on any atom is -0.368 e. The lowest BCUT2D eigenvalue weighted by molar-refractivity contribution is 0.243. The third-order valence-electron chi connectivity index (χ3n) is 5.40. The molecule has 0 fully saturated rings. The Morgan fingerprint density at radius 3 is 2.91 bits per heavy atom. The summed E-state index contributed by atoms with van der Waals surface area (Å²) in [7, 11) is 0. The maximum atomic E-state index is 5.68. The fourth-order valence-corrected chi connectivity index (χ4v) is 4.08. The molecule has 0 amide bonds. The summed E-state index contributed by atoms with van der Waals surface area (Å²) in [4.78, 5) is 11.0. The van der Waals surface area contributed by atoms with Crippen molar-refractivity contribution in [2.75, 3.05) is 18.8 Å². The van der Waals surface area contributed by atoms with Crippen molar-refractivity contribution in [2.45, 2.75) is 59.4 Å². The van der Waals surface area contributed by atoms with E-state index in [4.69, 9.17) is 5.73 Å². The highest BCUT2D eigenvalue weighted by molar-refractivity contribution is 5.27. The average molecular weight is 300 g/mol. The minimum atomic E-state index is 0.383. The van der Waals surface area contributed by atoms with Crippen LogP contribution in [0, 0.1) is 5.41 Å². The van der Waals surface area contributed by atoms with Crippen LogP contribution < -0.4 is 5.73 Å². The first-order valence-corrected chi connectivity index (χ1v) is 8.47. The number of rotatable bonds is 3. The molecule has 0 saturated heterocycles. The first-order valence-electron chi connectivity index (χ1n) is 8.47. The van der Waals surface area contributed by atoms with Gasteiger partial charge in [0.2, 0.25) is 5.95 Å². The number of anilines is 1. The third kappa shape index (κ3) is 3.17. The fourth-order valence-electron chi connectivity index (χ4n) is 4.08. The van der Waals surface area contributed by atoms with Crippen LogP contribution in [0.15, 0.2) is 17.3 Å². The molecular formula is C18H28N4. The summed E-state index contributed by atoms with van der Waals surface area (Å²) in [6.07, 6.45) is 8.05. The molecule has 2 aliphatic rings. The number of allylic oxidation sites excluding steroid dienone is 1. The standard InChI is InChI=1S/C18H28N4/c1-13-5-4-8-18(2,3)15(13)6-9-22-10-7-16-14(12-22)11-20-17(19)21-16/h11H,4-10,12H2,1-3H3,(H2,19,20,21). The molecule has 1 aliphatic carbocycles. The summed E-state index contributed by atoms with van der Waals surface area (Å²) in [5.74, 6) is 0.400. The Kier molecular flexibility index (Phi) is 4.22. The van der Waals surface area contributed by atoms with Crippen LogP contribution in [0.25, 0.3) is 0 Å². The van der Waals surface area contributed by atoms with Gasteiger partial charge >= 0.3 is 0 Å². The van der Waals surface area contributed by atoms with Crippen LogP contribution in [-0.4, -0.2) is 28.0 Å². The van der Waals surface area contributed by atoms with Gasteiger partial charge in [0.25, 0.3) is 0 Å². The summed E-state index contributed by atoms with van der Waals surface area (Å²) < 4.78 is 0. The molecule has 1 aliphatic heterocycles. The van der Waals surface area contributed by atoms with Gasteiger partial charge in [0.1, 0.15) is 0 Å². The van der Waals surface area contributed by atoms with Crippen molar-refractivity contribution in [3.05, 3.63) is 28.6 Å². The quantitative estimate of drug-likeness (QED) is 0.870. The summed E-state index contributed by atoms with van der Waals surface area (Å²) >= 11 is 0. The topological polar surface area (TPSA) is 55.0 Å². The molecule has 0 saturated carbocycles. The molecule has 4 heteroatoms. The van der Waals surface area contributed by atoms with E-state index >= 15 is 0 Å². The Morgan fingerprint density at radius 1 is 1.32 bits per heavy atom. The predicted molar refractivity (Wildman–Crippen MR) is 90.4 cm³/mol. The molecule has 4 nitrogen and oxygen atoms in total. The van der Waals surface area contributed by atoms with E-state index in [0.29, 0.717) is 11.4 Å². The molecule has 120 valence electrons. The van der Waals surface area contributed by atoms with Crippen molar-refractivity contribution in [3.63, 3.8) is 0 Å². The second-order valence-electron chi connectivity index (χ2n) is 7.47. The number of nitrogens with zero attached hydrogens (tertiary/aromatic N) is 3. The van der Waals surface area contributed by atoms with E-state index in [1.807, 2.05) is 6.20 Å². The van der Waals surface area contributed by atoms with E-state index < -0.39 is 0 Å². The highest BCUT2D eigenvalue weighted by Gasteiger charge is 2.28. The Hall–Kier alpha value is -1.42. The minimum absolute atomic E-state index is 0.383. The van der Waals surface area contributed by atoms with Crippen molar-refractivity contribution in [3.8, 4) is 0 Å². The Balaban J connectivity index is 1.64. The molecule has 0 radical (unpaired) electrons. The van der Waals surface area contributed by atoms with Crippen molar-refractivity contribution in [1.82, 2.24) is 14.9 Å². The largest absolute Gasteiger partial charge is 0.368 e. The number of hydrogen-bond donors (Lipinski definition) is 1. The van der Waals surface area contributed by atoms with Gasteiger partial charge < -0.3 is 5.73 Å². The van der Waals surface area contributed by atoms with Crippen molar-refractivity contribution >= 4 is 5.95 Å². The van der Waals surface area contributed by atoms with Gasteiger partial charge in [-0.2, -0.15) is 0 Å². The zero-order chi connectivity index (χ0) is 15.7. The SMILES string of the molecule is CC1=C(CCN2CCc3nc(N)ncc3C2)C(C)(C)CCC1. The van der Waals surface area contributed by atoms with Crippen molar-refractivity contribution in [1.29, 1.82) is 0 Å². The number of fused-ring (bicyclic) bond motifs is 1. The monoisotopic (exact) mass is 300 g/mol. The number of nitrogens with two attached hydrogens (primary N) is 1.